The minimum atomic E-state index is -0.523. The Hall–Kier alpha value is -2.17. The van der Waals surface area contributed by atoms with Gasteiger partial charge in [-0.3, -0.25) is 4.79 Å². The number of thioether (sulfide) groups is 2. The zero-order valence-electron chi connectivity index (χ0n) is 14.9. The van der Waals surface area contributed by atoms with Crippen molar-refractivity contribution in [1.29, 1.82) is 0 Å². The normalized spacial score (nSPS) is 12.0. The molecule has 0 aliphatic heterocycles. The summed E-state index contributed by atoms with van der Waals surface area (Å²) in [6.45, 7) is 1.78. The van der Waals surface area contributed by atoms with Gasteiger partial charge < -0.3 is 9.15 Å². The fourth-order valence-electron chi connectivity index (χ4n) is 2.16. The van der Waals surface area contributed by atoms with Crippen LogP contribution in [0.4, 0.5) is 4.39 Å². The molecule has 0 amide bonds. The quantitative estimate of drug-likeness (QED) is 0.284. The van der Waals surface area contributed by atoms with Crippen molar-refractivity contribution < 1.29 is 23.1 Å². The molecule has 0 radical (unpaired) electrons. The number of carbonyl (C=O) groups excluding carboxylic acids is 2. The highest BCUT2D eigenvalue weighted by atomic mass is 32.2. The molecule has 2 heterocycles. The van der Waals surface area contributed by atoms with Gasteiger partial charge in [0.25, 0.3) is 0 Å². The first-order valence-electron chi connectivity index (χ1n) is 8.06. The molecule has 0 bridgehead atoms. The molecule has 1 unspecified atom stereocenters. The average Bonchev–Trinajstić information content (AvgIpc) is 3.35. The van der Waals surface area contributed by atoms with Crippen LogP contribution in [-0.4, -0.2) is 34.3 Å². The van der Waals surface area contributed by atoms with Crippen LogP contribution < -0.4 is 0 Å². The van der Waals surface area contributed by atoms with E-state index in [0.29, 0.717) is 21.4 Å². The van der Waals surface area contributed by atoms with E-state index in [1.807, 2.05) is 0 Å². The third kappa shape index (κ3) is 5.21. The van der Waals surface area contributed by atoms with Gasteiger partial charge in [-0.25, -0.2) is 9.18 Å². The zero-order chi connectivity index (χ0) is 20.1. The second kappa shape index (κ2) is 9.35. The van der Waals surface area contributed by atoms with E-state index < -0.39 is 5.97 Å². The second-order valence-corrected chi connectivity index (χ2v) is 9.30. The van der Waals surface area contributed by atoms with Gasteiger partial charge in [-0.1, -0.05) is 34.9 Å². The number of methoxy groups -OCH3 is 1. The Kier molecular flexibility index (Phi) is 6.87. The predicted molar refractivity (Wildman–Crippen MR) is 106 cm³/mol. The molecule has 0 fully saturated rings. The first-order chi connectivity index (χ1) is 13.5. The minimum Gasteiger partial charge on any atom is -0.463 e. The van der Waals surface area contributed by atoms with Crippen LogP contribution in [0.3, 0.4) is 0 Å². The van der Waals surface area contributed by atoms with E-state index in [4.69, 9.17) is 4.42 Å². The fraction of sp³-hybridized carbons (Fsp3) is 0.222. The molecular formula is C18H15FN2O4S3. The van der Waals surface area contributed by atoms with Crippen molar-refractivity contribution in [3.8, 4) is 0 Å². The summed E-state index contributed by atoms with van der Waals surface area (Å²) >= 11 is 4.10. The van der Waals surface area contributed by atoms with Gasteiger partial charge in [-0.05, 0) is 43.3 Å². The van der Waals surface area contributed by atoms with E-state index in [1.165, 1.54) is 66.2 Å². The molecule has 0 saturated heterocycles. The maximum atomic E-state index is 13.0. The van der Waals surface area contributed by atoms with E-state index in [-0.39, 0.29) is 22.6 Å². The summed E-state index contributed by atoms with van der Waals surface area (Å²) in [5, 5.41) is 7.83. The van der Waals surface area contributed by atoms with Crippen molar-refractivity contribution in [2.45, 2.75) is 26.6 Å². The number of rotatable bonds is 8. The van der Waals surface area contributed by atoms with Gasteiger partial charge in [0, 0.05) is 5.56 Å². The summed E-state index contributed by atoms with van der Waals surface area (Å²) in [6.07, 6.45) is 0. The number of esters is 1. The van der Waals surface area contributed by atoms with Crippen LogP contribution in [0.25, 0.3) is 0 Å². The number of hydrogen-bond acceptors (Lipinski definition) is 9. The maximum Gasteiger partial charge on any atom is 0.373 e. The molecule has 1 aromatic carbocycles. The van der Waals surface area contributed by atoms with Crippen molar-refractivity contribution in [3.05, 3.63) is 59.3 Å². The van der Waals surface area contributed by atoms with Crippen molar-refractivity contribution >= 4 is 46.6 Å². The Morgan fingerprint density at radius 3 is 2.61 bits per heavy atom. The van der Waals surface area contributed by atoms with Crippen molar-refractivity contribution in [1.82, 2.24) is 10.2 Å². The number of halogens is 1. The summed E-state index contributed by atoms with van der Waals surface area (Å²) in [7, 11) is 1.29. The topological polar surface area (TPSA) is 82.3 Å². The van der Waals surface area contributed by atoms with E-state index in [2.05, 4.69) is 14.9 Å². The van der Waals surface area contributed by atoms with Crippen LogP contribution in [0, 0.1) is 5.82 Å². The number of ether oxygens (including phenoxy) is 1. The Bertz CT molecular complexity index is 971. The maximum absolute atomic E-state index is 13.0. The van der Waals surface area contributed by atoms with Crippen molar-refractivity contribution in [2.24, 2.45) is 0 Å². The monoisotopic (exact) mass is 438 g/mol. The molecule has 0 aliphatic rings. The summed E-state index contributed by atoms with van der Waals surface area (Å²) < 4.78 is 24.4. The van der Waals surface area contributed by atoms with Gasteiger partial charge in [-0.2, -0.15) is 0 Å². The van der Waals surface area contributed by atoms with Gasteiger partial charge in [0.05, 0.1) is 18.1 Å². The number of Topliss-reactive ketones (excluding diaryl/α,β-unsaturated/α-hetero) is 1. The molecular weight excluding hydrogens is 423 g/mol. The second-order valence-electron chi connectivity index (χ2n) is 5.51. The average molecular weight is 439 g/mol. The van der Waals surface area contributed by atoms with Gasteiger partial charge in [0.15, 0.2) is 14.5 Å². The van der Waals surface area contributed by atoms with Crippen molar-refractivity contribution in [3.63, 3.8) is 0 Å². The first-order valence-corrected chi connectivity index (χ1v) is 10.7. The number of benzene rings is 1. The number of aromatic nitrogens is 2. The Morgan fingerprint density at radius 1 is 1.18 bits per heavy atom. The third-order valence-electron chi connectivity index (χ3n) is 3.55. The van der Waals surface area contributed by atoms with Crippen LogP contribution >= 0.6 is 34.9 Å². The molecule has 3 rings (SSSR count). The number of furan rings is 1. The van der Waals surface area contributed by atoms with E-state index in [0.717, 1.165) is 4.34 Å². The first kappa shape index (κ1) is 20.6. The molecule has 0 N–H and O–H groups in total. The standard InChI is InChI=1S/C18H15FN2O4S3/c1-10(15(22)11-3-5-12(19)6-4-11)27-18-21-20-17(28-18)26-9-13-7-8-14(25-13)16(23)24-2/h3-8,10H,9H2,1-2H3. The Balaban J connectivity index is 1.55. The molecule has 10 heteroatoms. The van der Waals surface area contributed by atoms with Crippen LogP contribution in [-0.2, 0) is 10.5 Å². The Labute approximate surface area is 172 Å². The molecule has 0 spiro atoms. The van der Waals surface area contributed by atoms with E-state index in [1.54, 1.807) is 19.1 Å². The molecule has 1 atom stereocenters. The van der Waals surface area contributed by atoms with Gasteiger partial charge in [0.2, 0.25) is 5.76 Å². The van der Waals surface area contributed by atoms with E-state index in [9.17, 15) is 14.0 Å². The lowest BCUT2D eigenvalue weighted by Gasteiger charge is -2.07. The lowest BCUT2D eigenvalue weighted by Crippen LogP contribution is -2.13. The van der Waals surface area contributed by atoms with Crippen LogP contribution in [0.2, 0.25) is 0 Å². The summed E-state index contributed by atoms with van der Waals surface area (Å²) in [6, 6.07) is 8.75. The zero-order valence-corrected chi connectivity index (χ0v) is 17.3. The lowest BCUT2D eigenvalue weighted by atomic mass is 10.1. The number of hydrogen-bond donors (Lipinski definition) is 0. The highest BCUT2D eigenvalue weighted by Gasteiger charge is 2.19. The van der Waals surface area contributed by atoms with Gasteiger partial charge in [-0.15, -0.1) is 10.2 Å². The lowest BCUT2D eigenvalue weighted by molar-refractivity contribution is 0.0563. The predicted octanol–water partition coefficient (Wildman–Crippen LogP) is 4.71. The molecule has 0 aliphatic carbocycles. The summed E-state index contributed by atoms with van der Waals surface area (Å²) in [5.74, 6) is 0.263. The fourth-order valence-corrected chi connectivity index (χ4v) is 5.29. The molecule has 0 saturated carbocycles. The third-order valence-corrected chi connectivity index (χ3v) is 6.81. The number of ketones is 1. The molecule has 6 nitrogen and oxygen atoms in total. The Morgan fingerprint density at radius 2 is 1.89 bits per heavy atom. The van der Waals surface area contributed by atoms with Crippen LogP contribution in [0.15, 0.2) is 49.5 Å². The van der Waals surface area contributed by atoms with Gasteiger partial charge in [0.1, 0.15) is 11.6 Å². The number of nitrogens with zero attached hydrogens (tertiary/aromatic N) is 2. The SMILES string of the molecule is COC(=O)c1ccc(CSc2nnc(SC(C)C(=O)c3ccc(F)cc3)s2)o1. The highest BCUT2D eigenvalue weighted by Crippen LogP contribution is 2.33. The minimum absolute atomic E-state index is 0.0969. The highest BCUT2D eigenvalue weighted by molar-refractivity contribution is 8.03. The summed E-state index contributed by atoms with van der Waals surface area (Å²) in [4.78, 5) is 23.8. The van der Waals surface area contributed by atoms with Gasteiger partial charge >= 0.3 is 5.97 Å². The number of carbonyl (C=O) groups is 2. The smallest absolute Gasteiger partial charge is 0.373 e. The molecule has 146 valence electrons. The summed E-state index contributed by atoms with van der Waals surface area (Å²) in [5.41, 5.74) is 0.458. The van der Waals surface area contributed by atoms with Crippen LogP contribution in [0.5, 0.6) is 0 Å². The van der Waals surface area contributed by atoms with Crippen molar-refractivity contribution in [2.75, 3.05) is 7.11 Å². The molecule has 28 heavy (non-hydrogen) atoms. The van der Waals surface area contributed by atoms with Crippen LogP contribution in [0.1, 0.15) is 33.6 Å². The molecule has 3 aromatic rings. The van der Waals surface area contributed by atoms with E-state index >= 15 is 0 Å². The molecule has 2 aromatic heterocycles. The largest absolute Gasteiger partial charge is 0.463 e.